The normalized spacial score (nSPS) is 12.4. The third-order valence-corrected chi connectivity index (χ3v) is 3.57. The lowest BCUT2D eigenvalue weighted by molar-refractivity contribution is 0.524. The second-order valence-electron chi connectivity index (χ2n) is 4.64. The van der Waals surface area contributed by atoms with Gasteiger partial charge in [0.25, 0.3) is 0 Å². The Morgan fingerprint density at radius 3 is 2.65 bits per heavy atom. The molecule has 1 atom stereocenters. The monoisotopic (exact) mass is 340 g/mol. The highest BCUT2D eigenvalue weighted by atomic mass is 79.9. The number of hydrogen-bond acceptors (Lipinski definition) is 2. The van der Waals surface area contributed by atoms with Crippen LogP contribution in [0.1, 0.15) is 11.1 Å². The molecular weight excluding hydrogens is 326 g/mol. The van der Waals surface area contributed by atoms with Gasteiger partial charge in [-0.05, 0) is 59.1 Å². The van der Waals surface area contributed by atoms with Gasteiger partial charge in [0, 0.05) is 29.0 Å². The highest BCUT2D eigenvalue weighted by molar-refractivity contribution is 9.10. The Morgan fingerprint density at radius 1 is 1.20 bits per heavy atom. The summed E-state index contributed by atoms with van der Waals surface area (Å²) >= 11 is 3.38. The summed E-state index contributed by atoms with van der Waals surface area (Å²) in [4.78, 5) is 4.11. The van der Waals surface area contributed by atoms with Crippen molar-refractivity contribution in [2.24, 2.45) is 0 Å². The van der Waals surface area contributed by atoms with Crippen LogP contribution in [0.15, 0.2) is 41.1 Å². The summed E-state index contributed by atoms with van der Waals surface area (Å²) < 4.78 is 27.5. The lowest BCUT2D eigenvalue weighted by atomic mass is 9.99. The van der Waals surface area contributed by atoms with E-state index in [0.717, 1.165) is 22.5 Å². The van der Waals surface area contributed by atoms with Crippen LogP contribution in [0.4, 0.5) is 8.78 Å². The van der Waals surface area contributed by atoms with Crippen LogP contribution >= 0.6 is 15.9 Å². The lowest BCUT2D eigenvalue weighted by Gasteiger charge is -2.16. The molecule has 1 N–H and O–H groups in total. The van der Waals surface area contributed by atoms with Gasteiger partial charge in [-0.3, -0.25) is 4.98 Å². The van der Waals surface area contributed by atoms with E-state index in [-0.39, 0.29) is 6.04 Å². The number of aromatic nitrogens is 1. The van der Waals surface area contributed by atoms with Crippen molar-refractivity contribution in [1.29, 1.82) is 0 Å². The predicted molar refractivity (Wildman–Crippen MR) is 78.6 cm³/mol. The molecule has 2 nitrogen and oxygen atoms in total. The fourth-order valence-electron chi connectivity index (χ4n) is 2.08. The molecule has 0 amide bonds. The van der Waals surface area contributed by atoms with Gasteiger partial charge in [-0.25, -0.2) is 8.78 Å². The maximum atomic E-state index is 13.7. The molecule has 1 heterocycles. The van der Waals surface area contributed by atoms with E-state index in [4.69, 9.17) is 0 Å². The molecule has 1 aromatic carbocycles. The molecule has 0 saturated carbocycles. The second kappa shape index (κ2) is 6.90. The number of benzene rings is 1. The molecule has 1 unspecified atom stereocenters. The Morgan fingerprint density at radius 2 is 2.00 bits per heavy atom. The van der Waals surface area contributed by atoms with E-state index in [9.17, 15) is 8.78 Å². The number of nitrogens with one attached hydrogen (secondary N) is 1. The molecule has 2 aromatic rings. The van der Waals surface area contributed by atoms with Crippen LogP contribution in [0.3, 0.4) is 0 Å². The van der Waals surface area contributed by atoms with Crippen LogP contribution in [0.5, 0.6) is 0 Å². The summed E-state index contributed by atoms with van der Waals surface area (Å²) in [6.07, 6.45) is 4.72. The zero-order valence-electron chi connectivity index (χ0n) is 11.0. The summed E-state index contributed by atoms with van der Waals surface area (Å²) in [5.74, 6) is -1.05. The van der Waals surface area contributed by atoms with Crippen LogP contribution in [0.25, 0.3) is 0 Å². The van der Waals surface area contributed by atoms with E-state index in [0.29, 0.717) is 12.0 Å². The van der Waals surface area contributed by atoms with Crippen LogP contribution in [-0.2, 0) is 12.8 Å². The highest BCUT2D eigenvalue weighted by Crippen LogP contribution is 2.15. The van der Waals surface area contributed by atoms with E-state index >= 15 is 0 Å². The largest absolute Gasteiger partial charge is 0.316 e. The molecule has 2 rings (SSSR count). The minimum absolute atomic E-state index is 0.0612. The fourth-order valence-corrected chi connectivity index (χ4v) is 2.49. The Labute approximate surface area is 125 Å². The topological polar surface area (TPSA) is 24.9 Å². The third kappa shape index (κ3) is 4.08. The Hall–Kier alpha value is -1.33. The molecule has 1 aromatic heterocycles. The first-order chi connectivity index (χ1) is 9.58. The number of halogens is 3. The summed E-state index contributed by atoms with van der Waals surface area (Å²) in [5.41, 5.74) is 1.56. The summed E-state index contributed by atoms with van der Waals surface area (Å²) in [6.45, 7) is 0. The van der Waals surface area contributed by atoms with Crippen LogP contribution in [0, 0.1) is 11.6 Å². The van der Waals surface area contributed by atoms with Crippen LogP contribution in [0.2, 0.25) is 0 Å². The first-order valence-electron chi connectivity index (χ1n) is 6.29. The van der Waals surface area contributed by atoms with Gasteiger partial charge in [-0.2, -0.15) is 0 Å². The zero-order valence-corrected chi connectivity index (χ0v) is 12.6. The zero-order chi connectivity index (χ0) is 14.5. The van der Waals surface area contributed by atoms with Gasteiger partial charge in [-0.1, -0.05) is 6.07 Å². The van der Waals surface area contributed by atoms with E-state index in [1.165, 1.54) is 12.1 Å². The van der Waals surface area contributed by atoms with Crippen molar-refractivity contribution < 1.29 is 8.78 Å². The van der Waals surface area contributed by atoms with E-state index in [2.05, 4.69) is 26.2 Å². The minimum atomic E-state index is -0.552. The Balaban J connectivity index is 2.09. The van der Waals surface area contributed by atoms with Crippen molar-refractivity contribution in [1.82, 2.24) is 10.3 Å². The fraction of sp³-hybridized carbons (Fsp3) is 0.267. The Bertz CT molecular complexity index is 590. The van der Waals surface area contributed by atoms with E-state index < -0.39 is 11.6 Å². The van der Waals surface area contributed by atoms with Gasteiger partial charge in [0.1, 0.15) is 11.6 Å². The number of nitrogens with zero attached hydrogens (tertiary/aromatic N) is 1. The molecule has 0 spiro atoms. The molecule has 0 bridgehead atoms. The number of likely N-dealkylation sites (N-methyl/N-ethyl adjacent to an activating group) is 1. The van der Waals surface area contributed by atoms with E-state index in [1.807, 2.05) is 13.1 Å². The van der Waals surface area contributed by atoms with Crippen molar-refractivity contribution >= 4 is 15.9 Å². The number of hydrogen-bond donors (Lipinski definition) is 1. The van der Waals surface area contributed by atoms with Gasteiger partial charge in [0.05, 0.1) is 0 Å². The molecular formula is C15H15BrF2N2. The summed E-state index contributed by atoms with van der Waals surface area (Å²) in [6, 6.07) is 5.74. The van der Waals surface area contributed by atoms with Crippen molar-refractivity contribution in [3.8, 4) is 0 Å². The first-order valence-corrected chi connectivity index (χ1v) is 7.08. The summed E-state index contributed by atoms with van der Waals surface area (Å²) in [7, 11) is 1.83. The maximum Gasteiger partial charge on any atom is 0.129 e. The van der Waals surface area contributed by atoms with Crippen LogP contribution in [-0.4, -0.2) is 18.1 Å². The predicted octanol–water partition coefficient (Wildman–Crippen LogP) is 3.50. The smallest absolute Gasteiger partial charge is 0.129 e. The number of rotatable bonds is 5. The van der Waals surface area contributed by atoms with Crippen molar-refractivity contribution in [2.45, 2.75) is 18.9 Å². The van der Waals surface area contributed by atoms with Crippen LogP contribution < -0.4 is 5.32 Å². The van der Waals surface area contributed by atoms with Gasteiger partial charge in [0.15, 0.2) is 0 Å². The molecule has 0 fully saturated rings. The summed E-state index contributed by atoms with van der Waals surface area (Å²) in [5, 5.41) is 3.16. The van der Waals surface area contributed by atoms with E-state index in [1.54, 1.807) is 12.4 Å². The molecule has 20 heavy (non-hydrogen) atoms. The third-order valence-electron chi connectivity index (χ3n) is 3.13. The van der Waals surface area contributed by atoms with Crippen molar-refractivity contribution in [3.05, 3.63) is 63.9 Å². The molecule has 106 valence electrons. The average molecular weight is 341 g/mol. The van der Waals surface area contributed by atoms with Gasteiger partial charge in [-0.15, -0.1) is 0 Å². The molecule has 0 aliphatic carbocycles. The maximum absolute atomic E-state index is 13.7. The van der Waals surface area contributed by atoms with Crippen molar-refractivity contribution in [2.75, 3.05) is 7.05 Å². The molecule has 5 heteroatoms. The van der Waals surface area contributed by atoms with Gasteiger partial charge >= 0.3 is 0 Å². The SMILES string of the molecule is CNC(Cc1cncc(Br)c1)Cc1ccc(F)cc1F. The molecule has 0 saturated heterocycles. The van der Waals surface area contributed by atoms with Crippen molar-refractivity contribution in [3.63, 3.8) is 0 Å². The highest BCUT2D eigenvalue weighted by Gasteiger charge is 2.12. The molecule has 0 aliphatic heterocycles. The minimum Gasteiger partial charge on any atom is -0.316 e. The molecule has 0 aliphatic rings. The van der Waals surface area contributed by atoms with Gasteiger partial charge in [0.2, 0.25) is 0 Å². The standard InChI is InChI=1S/C15H15BrF2N2/c1-19-14(5-10-4-12(16)9-20-8-10)6-11-2-3-13(17)7-15(11)18/h2-4,7-9,14,19H,5-6H2,1H3. The first kappa shape index (κ1) is 15.1. The average Bonchev–Trinajstić information content (AvgIpc) is 2.41. The van der Waals surface area contributed by atoms with Gasteiger partial charge < -0.3 is 5.32 Å². The lowest BCUT2D eigenvalue weighted by Crippen LogP contribution is -2.30. The Kier molecular flexibility index (Phi) is 5.20. The molecule has 0 radical (unpaired) electrons. The number of pyridine rings is 1. The second-order valence-corrected chi connectivity index (χ2v) is 5.56. The quantitative estimate of drug-likeness (QED) is 0.901.